The van der Waals surface area contributed by atoms with Gasteiger partial charge in [-0.05, 0) is 43.7 Å². The molecule has 1 heterocycles. The molecule has 0 spiro atoms. The van der Waals surface area contributed by atoms with Gasteiger partial charge in [-0.3, -0.25) is 0 Å². The molecule has 0 aromatic heterocycles. The van der Waals surface area contributed by atoms with Crippen molar-refractivity contribution in [3.63, 3.8) is 0 Å². The molecule has 2 unspecified atom stereocenters. The quantitative estimate of drug-likeness (QED) is 0.771. The zero-order chi connectivity index (χ0) is 10.5. The van der Waals surface area contributed by atoms with Crippen LogP contribution in [0.15, 0.2) is 0 Å². The van der Waals surface area contributed by atoms with E-state index in [0.717, 1.165) is 24.4 Å². The number of methoxy groups -OCH3 is 1. The molecule has 2 atom stereocenters. The lowest BCUT2D eigenvalue weighted by atomic mass is 9.77. The topological polar surface area (TPSA) is 21.3 Å². The largest absolute Gasteiger partial charge is 0.384 e. The lowest BCUT2D eigenvalue weighted by molar-refractivity contribution is 0.0727. The Morgan fingerprint density at radius 3 is 2.47 bits per heavy atom. The van der Waals surface area contributed by atoms with Crippen LogP contribution in [-0.2, 0) is 4.74 Å². The molecule has 0 aromatic rings. The third kappa shape index (κ3) is 2.94. The fourth-order valence-electron chi connectivity index (χ4n) is 3.48. The van der Waals surface area contributed by atoms with E-state index in [1.54, 1.807) is 0 Å². The van der Waals surface area contributed by atoms with Gasteiger partial charge in [0.05, 0.1) is 0 Å². The van der Waals surface area contributed by atoms with E-state index in [-0.39, 0.29) is 0 Å². The summed E-state index contributed by atoms with van der Waals surface area (Å²) in [7, 11) is 1.86. The highest BCUT2D eigenvalue weighted by Crippen LogP contribution is 2.37. The average molecular weight is 211 g/mol. The fourth-order valence-corrected chi connectivity index (χ4v) is 3.48. The summed E-state index contributed by atoms with van der Waals surface area (Å²) in [5.74, 6) is 2.65. The highest BCUT2D eigenvalue weighted by atomic mass is 16.5. The molecule has 88 valence electrons. The maximum absolute atomic E-state index is 5.44. The molecule has 0 aromatic carbocycles. The standard InChI is InChI=1S/C13H25NO/c1-15-10-13(11-5-2-3-6-11)12-7-4-8-14-9-12/h11-14H,2-10H2,1H3. The van der Waals surface area contributed by atoms with Crippen molar-refractivity contribution >= 4 is 0 Å². The van der Waals surface area contributed by atoms with Crippen LogP contribution in [0, 0.1) is 17.8 Å². The lowest BCUT2D eigenvalue weighted by Gasteiger charge is -2.34. The van der Waals surface area contributed by atoms with Gasteiger partial charge < -0.3 is 10.1 Å². The van der Waals surface area contributed by atoms with Crippen molar-refractivity contribution in [2.45, 2.75) is 38.5 Å². The third-order valence-corrected chi connectivity index (χ3v) is 4.30. The van der Waals surface area contributed by atoms with E-state index in [0.29, 0.717) is 0 Å². The maximum Gasteiger partial charge on any atom is 0.0496 e. The Balaban J connectivity index is 1.90. The molecular weight excluding hydrogens is 186 g/mol. The van der Waals surface area contributed by atoms with Crippen LogP contribution in [0.2, 0.25) is 0 Å². The van der Waals surface area contributed by atoms with Crippen molar-refractivity contribution in [3.05, 3.63) is 0 Å². The maximum atomic E-state index is 5.44. The number of piperidine rings is 1. The van der Waals surface area contributed by atoms with Crippen molar-refractivity contribution in [2.24, 2.45) is 17.8 Å². The van der Waals surface area contributed by atoms with Crippen molar-refractivity contribution in [2.75, 3.05) is 26.8 Å². The van der Waals surface area contributed by atoms with E-state index in [9.17, 15) is 0 Å². The van der Waals surface area contributed by atoms with Crippen LogP contribution in [0.3, 0.4) is 0 Å². The summed E-state index contributed by atoms with van der Waals surface area (Å²) in [5, 5.41) is 3.54. The van der Waals surface area contributed by atoms with Crippen molar-refractivity contribution < 1.29 is 4.74 Å². The molecule has 1 N–H and O–H groups in total. The Morgan fingerprint density at radius 2 is 1.87 bits per heavy atom. The summed E-state index contributed by atoms with van der Waals surface area (Å²) in [6.07, 6.45) is 8.57. The number of rotatable bonds is 4. The molecule has 2 fully saturated rings. The van der Waals surface area contributed by atoms with Gasteiger partial charge in [-0.15, -0.1) is 0 Å². The second kappa shape index (κ2) is 5.86. The Bertz CT molecular complexity index is 171. The predicted octanol–water partition coefficient (Wildman–Crippen LogP) is 2.44. The molecule has 2 nitrogen and oxygen atoms in total. The minimum absolute atomic E-state index is 0.824. The first-order valence-electron chi connectivity index (χ1n) is 6.61. The molecule has 1 saturated carbocycles. The van der Waals surface area contributed by atoms with Crippen LogP contribution in [0.4, 0.5) is 0 Å². The van der Waals surface area contributed by atoms with Gasteiger partial charge in [0, 0.05) is 13.7 Å². The Morgan fingerprint density at radius 1 is 1.13 bits per heavy atom. The van der Waals surface area contributed by atoms with Crippen LogP contribution in [0.5, 0.6) is 0 Å². The van der Waals surface area contributed by atoms with Gasteiger partial charge in [-0.25, -0.2) is 0 Å². The summed E-state index contributed by atoms with van der Waals surface area (Å²) < 4.78 is 5.44. The van der Waals surface area contributed by atoms with Gasteiger partial charge in [0.25, 0.3) is 0 Å². The first-order valence-corrected chi connectivity index (χ1v) is 6.61. The van der Waals surface area contributed by atoms with E-state index in [2.05, 4.69) is 5.32 Å². The van der Waals surface area contributed by atoms with E-state index >= 15 is 0 Å². The SMILES string of the molecule is COCC(C1CCCC1)C1CCCNC1. The molecular formula is C13H25NO. The van der Waals surface area contributed by atoms with E-state index in [1.165, 1.54) is 51.6 Å². The molecule has 2 aliphatic rings. The molecule has 0 amide bonds. The first kappa shape index (κ1) is 11.4. The lowest BCUT2D eigenvalue weighted by Crippen LogP contribution is -2.38. The highest BCUT2D eigenvalue weighted by Gasteiger charge is 2.31. The molecule has 1 aliphatic carbocycles. The van der Waals surface area contributed by atoms with Gasteiger partial charge in [0.2, 0.25) is 0 Å². The van der Waals surface area contributed by atoms with Crippen LogP contribution in [0.25, 0.3) is 0 Å². The Kier molecular flexibility index (Phi) is 4.45. The van der Waals surface area contributed by atoms with Crippen LogP contribution >= 0.6 is 0 Å². The van der Waals surface area contributed by atoms with Crippen molar-refractivity contribution in [1.82, 2.24) is 5.32 Å². The molecule has 0 radical (unpaired) electrons. The zero-order valence-corrected chi connectivity index (χ0v) is 10.0. The van der Waals surface area contributed by atoms with Crippen LogP contribution in [0.1, 0.15) is 38.5 Å². The van der Waals surface area contributed by atoms with Gasteiger partial charge in [-0.1, -0.05) is 25.7 Å². The minimum Gasteiger partial charge on any atom is -0.384 e. The molecule has 0 bridgehead atoms. The summed E-state index contributed by atoms with van der Waals surface area (Å²) in [6, 6.07) is 0. The highest BCUT2D eigenvalue weighted by molar-refractivity contribution is 4.83. The smallest absolute Gasteiger partial charge is 0.0496 e. The number of ether oxygens (including phenoxy) is 1. The van der Waals surface area contributed by atoms with Gasteiger partial charge >= 0.3 is 0 Å². The number of hydrogen-bond acceptors (Lipinski definition) is 2. The summed E-state index contributed by atoms with van der Waals surface area (Å²) >= 11 is 0. The Hall–Kier alpha value is -0.0800. The monoisotopic (exact) mass is 211 g/mol. The summed E-state index contributed by atoms with van der Waals surface area (Å²) in [6.45, 7) is 3.43. The molecule has 2 heteroatoms. The molecule has 15 heavy (non-hydrogen) atoms. The van der Waals surface area contributed by atoms with Crippen LogP contribution in [-0.4, -0.2) is 26.8 Å². The number of hydrogen-bond donors (Lipinski definition) is 1. The Labute approximate surface area is 93.8 Å². The number of nitrogens with one attached hydrogen (secondary N) is 1. The van der Waals surface area contributed by atoms with E-state index < -0.39 is 0 Å². The van der Waals surface area contributed by atoms with Crippen molar-refractivity contribution in [1.29, 1.82) is 0 Å². The fraction of sp³-hybridized carbons (Fsp3) is 1.00. The van der Waals surface area contributed by atoms with Crippen molar-refractivity contribution in [3.8, 4) is 0 Å². The predicted molar refractivity (Wildman–Crippen MR) is 62.9 cm³/mol. The minimum atomic E-state index is 0.824. The second-order valence-corrected chi connectivity index (χ2v) is 5.27. The average Bonchev–Trinajstić information content (AvgIpc) is 2.80. The van der Waals surface area contributed by atoms with Gasteiger partial charge in [0.1, 0.15) is 0 Å². The third-order valence-electron chi connectivity index (χ3n) is 4.30. The van der Waals surface area contributed by atoms with Crippen LogP contribution < -0.4 is 5.32 Å². The normalized spacial score (nSPS) is 30.6. The van der Waals surface area contributed by atoms with E-state index in [1.807, 2.05) is 7.11 Å². The molecule has 2 rings (SSSR count). The molecule has 1 aliphatic heterocycles. The summed E-state index contributed by atoms with van der Waals surface area (Å²) in [5.41, 5.74) is 0. The summed E-state index contributed by atoms with van der Waals surface area (Å²) in [4.78, 5) is 0. The first-order chi connectivity index (χ1) is 7.42. The zero-order valence-electron chi connectivity index (χ0n) is 10.0. The van der Waals surface area contributed by atoms with Gasteiger partial charge in [0.15, 0.2) is 0 Å². The van der Waals surface area contributed by atoms with E-state index in [4.69, 9.17) is 4.74 Å². The molecule has 1 saturated heterocycles. The van der Waals surface area contributed by atoms with Gasteiger partial charge in [-0.2, -0.15) is 0 Å². The second-order valence-electron chi connectivity index (χ2n) is 5.27.